The van der Waals surface area contributed by atoms with Crippen molar-refractivity contribution in [3.05, 3.63) is 0 Å². The van der Waals surface area contributed by atoms with E-state index in [0.717, 1.165) is 12.8 Å². The van der Waals surface area contributed by atoms with Crippen molar-refractivity contribution >= 4 is 11.4 Å². The molecule has 2 aliphatic carbocycles. The van der Waals surface area contributed by atoms with Crippen molar-refractivity contribution in [3.63, 3.8) is 0 Å². The van der Waals surface area contributed by atoms with Gasteiger partial charge in [0, 0.05) is 0 Å². The SMILES string of the molecule is O/N=C1/C[C@@H]2CCCC[C@@H]2C/C1=N\O. The van der Waals surface area contributed by atoms with Crippen LogP contribution >= 0.6 is 0 Å². The predicted octanol–water partition coefficient (Wildman–Crippen LogP) is 2.25. The highest BCUT2D eigenvalue weighted by Gasteiger charge is 2.34. The van der Waals surface area contributed by atoms with Gasteiger partial charge in [-0.1, -0.05) is 23.2 Å². The van der Waals surface area contributed by atoms with Crippen LogP contribution in [0.5, 0.6) is 0 Å². The molecule has 0 aromatic carbocycles. The first-order valence-electron chi connectivity index (χ1n) is 5.27. The van der Waals surface area contributed by atoms with Gasteiger partial charge in [-0.3, -0.25) is 0 Å². The lowest BCUT2D eigenvalue weighted by atomic mass is 9.70. The number of nitrogens with zero attached hydrogens (tertiary/aromatic N) is 2. The van der Waals surface area contributed by atoms with Gasteiger partial charge in [0.15, 0.2) is 0 Å². The summed E-state index contributed by atoms with van der Waals surface area (Å²) in [5.74, 6) is 1.28. The Labute approximate surface area is 83.3 Å². The molecule has 14 heavy (non-hydrogen) atoms. The van der Waals surface area contributed by atoms with Gasteiger partial charge in [0.05, 0.1) is 0 Å². The fourth-order valence-electron chi connectivity index (χ4n) is 2.75. The highest BCUT2D eigenvalue weighted by atomic mass is 16.4. The number of hydrogen-bond acceptors (Lipinski definition) is 4. The largest absolute Gasteiger partial charge is 0.411 e. The van der Waals surface area contributed by atoms with E-state index in [1.807, 2.05) is 0 Å². The van der Waals surface area contributed by atoms with Crippen molar-refractivity contribution in [3.8, 4) is 0 Å². The average molecular weight is 196 g/mol. The summed E-state index contributed by atoms with van der Waals surface area (Å²) in [6.07, 6.45) is 6.57. The molecule has 0 heterocycles. The maximum absolute atomic E-state index is 8.78. The van der Waals surface area contributed by atoms with Gasteiger partial charge in [-0.2, -0.15) is 0 Å². The van der Waals surface area contributed by atoms with Crippen LogP contribution in [-0.2, 0) is 0 Å². The first kappa shape index (κ1) is 9.49. The molecule has 0 spiro atoms. The highest BCUT2D eigenvalue weighted by Crippen LogP contribution is 2.38. The summed E-state index contributed by atoms with van der Waals surface area (Å²) >= 11 is 0. The molecule has 2 aliphatic rings. The van der Waals surface area contributed by atoms with E-state index < -0.39 is 0 Å². The molecule has 2 atom stereocenters. The molecule has 2 fully saturated rings. The van der Waals surface area contributed by atoms with E-state index in [-0.39, 0.29) is 0 Å². The van der Waals surface area contributed by atoms with Crippen LogP contribution in [0.3, 0.4) is 0 Å². The minimum atomic E-state index is 0.579. The van der Waals surface area contributed by atoms with Crippen LogP contribution in [0.25, 0.3) is 0 Å². The number of hydrogen-bond donors (Lipinski definition) is 2. The summed E-state index contributed by atoms with van der Waals surface area (Å²) < 4.78 is 0. The van der Waals surface area contributed by atoms with E-state index in [4.69, 9.17) is 10.4 Å². The van der Waals surface area contributed by atoms with Gasteiger partial charge in [-0.15, -0.1) is 0 Å². The molecule has 4 nitrogen and oxygen atoms in total. The van der Waals surface area contributed by atoms with Gasteiger partial charge >= 0.3 is 0 Å². The van der Waals surface area contributed by atoms with Crippen LogP contribution < -0.4 is 0 Å². The quantitative estimate of drug-likeness (QED) is 0.461. The normalized spacial score (nSPS) is 38.6. The Morgan fingerprint density at radius 1 is 0.857 bits per heavy atom. The first-order chi connectivity index (χ1) is 6.85. The summed E-state index contributed by atoms with van der Waals surface area (Å²) in [5.41, 5.74) is 1.16. The lowest BCUT2D eigenvalue weighted by Gasteiger charge is -2.35. The number of rotatable bonds is 0. The fourth-order valence-corrected chi connectivity index (χ4v) is 2.75. The number of oxime groups is 2. The van der Waals surface area contributed by atoms with Crippen molar-refractivity contribution in [1.82, 2.24) is 0 Å². The third-order valence-electron chi connectivity index (χ3n) is 3.55. The van der Waals surface area contributed by atoms with E-state index in [2.05, 4.69) is 10.3 Å². The Morgan fingerprint density at radius 2 is 1.29 bits per heavy atom. The molecule has 78 valence electrons. The lowest BCUT2D eigenvalue weighted by Crippen LogP contribution is -2.34. The van der Waals surface area contributed by atoms with E-state index in [1.54, 1.807) is 0 Å². The Hall–Kier alpha value is -1.06. The van der Waals surface area contributed by atoms with Crippen molar-refractivity contribution in [2.75, 3.05) is 0 Å². The summed E-state index contributed by atoms with van der Waals surface area (Å²) in [7, 11) is 0. The second kappa shape index (κ2) is 3.98. The molecule has 0 aromatic rings. The molecule has 2 N–H and O–H groups in total. The van der Waals surface area contributed by atoms with Crippen molar-refractivity contribution in [2.45, 2.75) is 38.5 Å². The lowest BCUT2D eigenvalue weighted by molar-refractivity contribution is 0.235. The summed E-state index contributed by atoms with van der Waals surface area (Å²) in [6.45, 7) is 0. The van der Waals surface area contributed by atoms with E-state index >= 15 is 0 Å². The van der Waals surface area contributed by atoms with Gasteiger partial charge in [0.25, 0.3) is 0 Å². The van der Waals surface area contributed by atoms with Gasteiger partial charge in [-0.05, 0) is 37.5 Å². The minimum absolute atomic E-state index is 0.579. The Bertz CT molecular complexity index is 245. The molecule has 0 amide bonds. The molecule has 4 heteroatoms. The number of fused-ring (bicyclic) bond motifs is 1. The second-order valence-electron chi connectivity index (χ2n) is 4.31. The van der Waals surface area contributed by atoms with Crippen LogP contribution in [0.4, 0.5) is 0 Å². The standard InChI is InChI=1S/C10H16N2O2/c13-11-9-5-7-3-1-2-4-8(7)6-10(9)12-14/h7-8,13-14H,1-6H2/b11-9-,12-10+/t7-,8+/m0/s1. The molecular formula is C10H16N2O2. The van der Waals surface area contributed by atoms with Gasteiger partial charge in [0.2, 0.25) is 0 Å². The molecule has 0 bridgehead atoms. The summed E-state index contributed by atoms with van der Waals surface area (Å²) in [5, 5.41) is 24.0. The second-order valence-corrected chi connectivity index (χ2v) is 4.31. The molecule has 0 saturated heterocycles. The molecule has 0 aliphatic heterocycles. The van der Waals surface area contributed by atoms with Gasteiger partial charge in [0.1, 0.15) is 11.4 Å². The van der Waals surface area contributed by atoms with Gasteiger partial charge < -0.3 is 10.4 Å². The average Bonchev–Trinajstić information content (AvgIpc) is 2.27. The first-order valence-corrected chi connectivity index (χ1v) is 5.27. The van der Waals surface area contributed by atoms with Crippen LogP contribution in [0.2, 0.25) is 0 Å². The molecule has 2 saturated carbocycles. The zero-order chi connectivity index (χ0) is 9.97. The Morgan fingerprint density at radius 3 is 1.64 bits per heavy atom. The minimum Gasteiger partial charge on any atom is -0.411 e. The zero-order valence-electron chi connectivity index (χ0n) is 8.19. The van der Waals surface area contributed by atoms with Crippen molar-refractivity contribution in [1.29, 1.82) is 0 Å². The van der Waals surface area contributed by atoms with Gasteiger partial charge in [-0.25, -0.2) is 0 Å². The molecule has 0 radical (unpaired) electrons. The monoisotopic (exact) mass is 196 g/mol. The zero-order valence-corrected chi connectivity index (χ0v) is 8.19. The fraction of sp³-hybridized carbons (Fsp3) is 0.800. The van der Waals surface area contributed by atoms with Crippen LogP contribution in [-0.4, -0.2) is 21.8 Å². The Balaban J connectivity index is 2.14. The molecule has 0 aromatic heterocycles. The molecule has 0 unspecified atom stereocenters. The highest BCUT2D eigenvalue weighted by molar-refractivity contribution is 6.42. The van der Waals surface area contributed by atoms with Crippen molar-refractivity contribution in [2.24, 2.45) is 22.1 Å². The Kier molecular flexibility index (Phi) is 2.70. The predicted molar refractivity (Wildman–Crippen MR) is 53.1 cm³/mol. The van der Waals surface area contributed by atoms with E-state index in [0.29, 0.717) is 23.3 Å². The van der Waals surface area contributed by atoms with Crippen LogP contribution in [0, 0.1) is 11.8 Å². The third kappa shape index (κ3) is 1.61. The van der Waals surface area contributed by atoms with Crippen molar-refractivity contribution < 1.29 is 10.4 Å². The summed E-state index contributed by atoms with van der Waals surface area (Å²) in [6, 6.07) is 0. The summed E-state index contributed by atoms with van der Waals surface area (Å²) in [4.78, 5) is 0. The van der Waals surface area contributed by atoms with Crippen LogP contribution in [0.1, 0.15) is 38.5 Å². The smallest absolute Gasteiger partial charge is 0.105 e. The topological polar surface area (TPSA) is 65.2 Å². The van der Waals surface area contributed by atoms with E-state index in [9.17, 15) is 0 Å². The van der Waals surface area contributed by atoms with Crippen LogP contribution in [0.15, 0.2) is 10.3 Å². The molecular weight excluding hydrogens is 180 g/mol. The third-order valence-corrected chi connectivity index (χ3v) is 3.55. The maximum atomic E-state index is 8.78. The molecule has 2 rings (SSSR count). The maximum Gasteiger partial charge on any atom is 0.105 e. The van der Waals surface area contributed by atoms with E-state index in [1.165, 1.54) is 25.7 Å².